The van der Waals surface area contributed by atoms with Crippen molar-refractivity contribution in [2.75, 3.05) is 7.11 Å². The molecule has 0 radical (unpaired) electrons. The third-order valence-corrected chi connectivity index (χ3v) is 9.00. The van der Waals surface area contributed by atoms with Gasteiger partial charge < -0.3 is 19.5 Å². The number of methoxy groups -OCH3 is 1. The van der Waals surface area contributed by atoms with E-state index in [9.17, 15) is 9.59 Å². The number of thiophene rings is 1. The highest BCUT2D eigenvalue weighted by Crippen LogP contribution is 2.41. The summed E-state index contributed by atoms with van der Waals surface area (Å²) in [5.41, 5.74) is 1.12. The maximum Gasteiger partial charge on any atom is 0.272 e. The zero-order valence-electron chi connectivity index (χ0n) is 21.7. The van der Waals surface area contributed by atoms with Crippen molar-refractivity contribution in [3.05, 3.63) is 88.2 Å². The van der Waals surface area contributed by atoms with E-state index in [1.54, 1.807) is 18.4 Å². The quantitative estimate of drug-likeness (QED) is 0.308. The lowest BCUT2D eigenvalue weighted by Gasteiger charge is -2.47. The average molecular weight is 528 g/mol. The number of hydrogen-bond acceptors (Lipinski definition) is 4. The Hall–Kier alpha value is -3.58. The van der Waals surface area contributed by atoms with E-state index in [0.717, 1.165) is 52.8 Å². The summed E-state index contributed by atoms with van der Waals surface area (Å²) in [7, 11) is 1.64. The first-order valence-electron chi connectivity index (χ1n) is 13.5. The number of ether oxygens (including phenoxy) is 1. The van der Waals surface area contributed by atoms with Crippen LogP contribution >= 0.6 is 11.3 Å². The summed E-state index contributed by atoms with van der Waals surface area (Å²) in [6.07, 6.45) is 6.61. The third-order valence-electron chi connectivity index (χ3n) is 8.13. The predicted octanol–water partition coefficient (Wildman–Crippen LogP) is 6.10. The van der Waals surface area contributed by atoms with Crippen LogP contribution in [0.5, 0.6) is 5.75 Å². The van der Waals surface area contributed by atoms with E-state index in [1.165, 1.54) is 12.8 Å². The molecule has 2 aromatic carbocycles. The number of fused-ring (bicyclic) bond motifs is 3. The lowest BCUT2D eigenvalue weighted by molar-refractivity contribution is -0.136. The Kier molecular flexibility index (Phi) is 6.70. The molecule has 3 heterocycles. The fourth-order valence-electron chi connectivity index (χ4n) is 6.11. The summed E-state index contributed by atoms with van der Waals surface area (Å²) < 4.78 is 7.53. The van der Waals surface area contributed by atoms with Crippen LogP contribution in [0.3, 0.4) is 0 Å². The van der Waals surface area contributed by atoms with Gasteiger partial charge in [-0.2, -0.15) is 0 Å². The normalized spacial score (nSPS) is 20.2. The van der Waals surface area contributed by atoms with Gasteiger partial charge in [0.25, 0.3) is 11.8 Å². The fourth-order valence-corrected chi connectivity index (χ4v) is 6.81. The number of hydrogen-bond donors (Lipinski definition) is 1. The SMILES string of the molecule is COc1ccc2cc3n(c2c1)CC(C(=O)NC1CCCCCC1)(c1ccccc1)N(Cc1cccs1)C3=O. The Morgan fingerprint density at radius 2 is 1.82 bits per heavy atom. The smallest absolute Gasteiger partial charge is 0.272 e. The molecule has 1 saturated carbocycles. The molecule has 1 fully saturated rings. The van der Waals surface area contributed by atoms with Crippen molar-refractivity contribution in [3.8, 4) is 5.75 Å². The summed E-state index contributed by atoms with van der Waals surface area (Å²) in [5.74, 6) is 0.482. The Labute approximate surface area is 227 Å². The van der Waals surface area contributed by atoms with Crippen molar-refractivity contribution >= 4 is 34.1 Å². The van der Waals surface area contributed by atoms with Gasteiger partial charge >= 0.3 is 0 Å². The molecule has 2 amide bonds. The number of amides is 2. The molecule has 0 bridgehead atoms. The Morgan fingerprint density at radius 1 is 1.03 bits per heavy atom. The van der Waals surface area contributed by atoms with Crippen LogP contribution in [-0.4, -0.2) is 34.4 Å². The van der Waals surface area contributed by atoms with Crippen LogP contribution in [0.15, 0.2) is 72.1 Å². The lowest BCUT2D eigenvalue weighted by Crippen LogP contribution is -2.63. The Morgan fingerprint density at radius 3 is 2.53 bits per heavy atom. The van der Waals surface area contributed by atoms with Crippen molar-refractivity contribution in [3.63, 3.8) is 0 Å². The lowest BCUT2D eigenvalue weighted by atomic mass is 9.83. The maximum atomic E-state index is 14.6. The molecular formula is C31H33N3O3S. The van der Waals surface area contributed by atoms with E-state index in [4.69, 9.17) is 4.74 Å². The minimum Gasteiger partial charge on any atom is -0.497 e. The van der Waals surface area contributed by atoms with E-state index < -0.39 is 5.54 Å². The third kappa shape index (κ3) is 4.29. The highest BCUT2D eigenvalue weighted by molar-refractivity contribution is 7.09. The fraction of sp³-hybridized carbons (Fsp3) is 0.355. The second-order valence-corrected chi connectivity index (χ2v) is 11.4. The molecule has 1 N–H and O–H groups in total. The highest BCUT2D eigenvalue weighted by atomic mass is 32.1. The van der Waals surface area contributed by atoms with Gasteiger partial charge in [-0.25, -0.2) is 0 Å². The van der Waals surface area contributed by atoms with Crippen LogP contribution in [-0.2, 0) is 23.4 Å². The average Bonchev–Trinajstić information content (AvgIpc) is 3.51. The molecule has 38 heavy (non-hydrogen) atoms. The first kappa shape index (κ1) is 24.7. The van der Waals surface area contributed by atoms with E-state index >= 15 is 0 Å². The second-order valence-electron chi connectivity index (χ2n) is 10.4. The monoisotopic (exact) mass is 527 g/mol. The van der Waals surface area contributed by atoms with Crippen LogP contribution in [0.1, 0.15) is 59.5 Å². The van der Waals surface area contributed by atoms with Crippen molar-refractivity contribution in [2.45, 2.75) is 63.2 Å². The number of carbonyl (C=O) groups is 2. The highest BCUT2D eigenvalue weighted by Gasteiger charge is 2.53. The molecule has 1 atom stereocenters. The van der Waals surface area contributed by atoms with E-state index in [-0.39, 0.29) is 17.9 Å². The zero-order chi connectivity index (χ0) is 26.1. The molecule has 6 nitrogen and oxygen atoms in total. The molecule has 2 aliphatic rings. The van der Waals surface area contributed by atoms with Gasteiger partial charge in [0.15, 0.2) is 5.54 Å². The zero-order valence-corrected chi connectivity index (χ0v) is 22.5. The number of nitrogens with zero attached hydrogens (tertiary/aromatic N) is 2. The molecule has 1 unspecified atom stereocenters. The molecule has 2 aromatic heterocycles. The maximum absolute atomic E-state index is 14.6. The van der Waals surface area contributed by atoms with Crippen molar-refractivity contribution in [1.82, 2.24) is 14.8 Å². The summed E-state index contributed by atoms with van der Waals surface area (Å²) in [6, 6.07) is 21.8. The number of carbonyl (C=O) groups excluding carboxylic acids is 2. The van der Waals surface area contributed by atoms with E-state index in [0.29, 0.717) is 18.8 Å². The van der Waals surface area contributed by atoms with E-state index in [1.807, 2.05) is 81.6 Å². The predicted molar refractivity (Wildman–Crippen MR) is 150 cm³/mol. The molecule has 0 spiro atoms. The van der Waals surface area contributed by atoms with Crippen LogP contribution in [0.4, 0.5) is 0 Å². The van der Waals surface area contributed by atoms with Crippen molar-refractivity contribution in [1.29, 1.82) is 0 Å². The van der Waals surface area contributed by atoms with Crippen LogP contribution < -0.4 is 10.1 Å². The second kappa shape index (κ2) is 10.3. The Balaban J connectivity index is 1.53. The first-order valence-corrected chi connectivity index (χ1v) is 14.4. The van der Waals surface area contributed by atoms with Gasteiger partial charge in [-0.1, -0.05) is 62.1 Å². The van der Waals surface area contributed by atoms with Gasteiger partial charge in [-0.05, 0) is 48.1 Å². The van der Waals surface area contributed by atoms with Gasteiger partial charge in [0.1, 0.15) is 11.4 Å². The molecule has 4 aromatic rings. The summed E-state index contributed by atoms with van der Waals surface area (Å²) in [4.78, 5) is 31.9. The van der Waals surface area contributed by atoms with Gasteiger partial charge in [-0.15, -0.1) is 11.3 Å². The minimum atomic E-state index is -1.20. The van der Waals surface area contributed by atoms with Gasteiger partial charge in [0.05, 0.1) is 25.7 Å². The molecule has 1 aliphatic carbocycles. The molecule has 1 aliphatic heterocycles. The van der Waals surface area contributed by atoms with Crippen LogP contribution in [0, 0.1) is 0 Å². The molecule has 6 rings (SSSR count). The van der Waals surface area contributed by atoms with Crippen LogP contribution in [0.25, 0.3) is 10.9 Å². The van der Waals surface area contributed by atoms with Gasteiger partial charge in [0, 0.05) is 22.4 Å². The van der Waals surface area contributed by atoms with Gasteiger partial charge in [-0.3, -0.25) is 9.59 Å². The summed E-state index contributed by atoms with van der Waals surface area (Å²) in [5, 5.41) is 6.40. The van der Waals surface area contributed by atoms with Crippen molar-refractivity contribution < 1.29 is 14.3 Å². The topological polar surface area (TPSA) is 63.6 Å². The summed E-state index contributed by atoms with van der Waals surface area (Å²) >= 11 is 1.61. The standard InChI is InChI=1S/C31H33N3O3S/c1-37-25-16-15-22-18-28-29(35)34(20-26-14-9-17-38-26)31(21-33(28)27(22)19-25,23-10-5-4-6-11-23)30(36)32-24-12-7-2-3-8-13-24/h4-6,9-11,14-19,24H,2-3,7-8,12-13,20-21H2,1H3,(H,32,36). The number of rotatable bonds is 6. The van der Waals surface area contributed by atoms with Crippen LogP contribution in [0.2, 0.25) is 0 Å². The number of nitrogens with one attached hydrogen (secondary N) is 1. The first-order chi connectivity index (χ1) is 18.6. The summed E-state index contributed by atoms with van der Waals surface area (Å²) in [6.45, 7) is 0.701. The minimum absolute atomic E-state index is 0.101. The Bertz CT molecular complexity index is 1440. The molecule has 7 heteroatoms. The number of aromatic nitrogens is 1. The van der Waals surface area contributed by atoms with E-state index in [2.05, 4.69) is 5.32 Å². The largest absolute Gasteiger partial charge is 0.497 e. The number of benzene rings is 2. The molecule has 196 valence electrons. The molecule has 0 saturated heterocycles. The van der Waals surface area contributed by atoms with Crippen molar-refractivity contribution in [2.24, 2.45) is 0 Å². The molecular weight excluding hydrogens is 494 g/mol. The van der Waals surface area contributed by atoms with Gasteiger partial charge in [0.2, 0.25) is 0 Å².